The van der Waals surface area contributed by atoms with E-state index in [2.05, 4.69) is 0 Å². The maximum absolute atomic E-state index is 12.8. The first-order valence-electron chi connectivity index (χ1n) is 19.8. The molecule has 4 heterocycles. The summed E-state index contributed by atoms with van der Waals surface area (Å²) in [5, 5.41) is 136. The summed E-state index contributed by atoms with van der Waals surface area (Å²) < 4.78 is 46.5. The van der Waals surface area contributed by atoms with Crippen LogP contribution in [-0.4, -0.2) is 178 Å². The molecule has 13 N–H and O–H groups in total. The molecule has 7 rings (SSSR count). The van der Waals surface area contributed by atoms with E-state index >= 15 is 0 Å². The summed E-state index contributed by atoms with van der Waals surface area (Å²) in [7, 11) is 0. The number of ether oxygens (including phenoxy) is 7. The smallest absolute Gasteiger partial charge is 0.402 e. The SMILES string of the molecule is O=C(C/C=C/c1ccc(O)cc1)OC[C@H]1O[C@@H](Oc2cc3c(O[C@@H]4O[C@H](CO)[C@H](O)[C@H](O)[C@H]4O)cc(O)cc3[o+]c2-c2ccc(O)c(O)c2)[C@H](OC2OC[C@@H](O)[C@H](O)[C@H]2O)[C@@H](O)[C@@H]1O. The van der Waals surface area contributed by atoms with Crippen molar-refractivity contribution in [1.29, 1.82) is 0 Å². The van der Waals surface area contributed by atoms with Gasteiger partial charge in [-0.2, -0.15) is 0 Å². The molecule has 0 spiro atoms. The predicted molar refractivity (Wildman–Crippen MR) is 212 cm³/mol. The van der Waals surface area contributed by atoms with Crippen LogP contribution < -0.4 is 9.47 Å². The van der Waals surface area contributed by atoms with E-state index in [4.69, 9.17) is 37.6 Å². The van der Waals surface area contributed by atoms with E-state index in [1.54, 1.807) is 18.2 Å². The Labute approximate surface area is 361 Å². The van der Waals surface area contributed by atoms with E-state index in [9.17, 15) is 71.2 Å². The van der Waals surface area contributed by atoms with E-state index < -0.39 is 129 Å². The van der Waals surface area contributed by atoms with Crippen molar-refractivity contribution in [2.75, 3.05) is 19.8 Å². The van der Waals surface area contributed by atoms with Gasteiger partial charge in [-0.25, -0.2) is 4.42 Å². The lowest BCUT2D eigenvalue weighted by Crippen LogP contribution is -2.64. The predicted octanol–water partition coefficient (Wildman–Crippen LogP) is -1.32. The van der Waals surface area contributed by atoms with Gasteiger partial charge in [0.1, 0.15) is 90.3 Å². The van der Waals surface area contributed by atoms with Gasteiger partial charge in [-0.1, -0.05) is 24.3 Å². The highest BCUT2D eigenvalue weighted by Crippen LogP contribution is 2.43. The van der Waals surface area contributed by atoms with Crippen LogP contribution in [0.3, 0.4) is 0 Å². The highest BCUT2D eigenvalue weighted by molar-refractivity contribution is 5.89. The van der Waals surface area contributed by atoms with Crippen LogP contribution in [0.5, 0.6) is 34.5 Å². The number of esters is 1. The molecular weight excluding hydrogens is 856 g/mol. The molecule has 0 radical (unpaired) electrons. The monoisotopic (exact) mass is 903 g/mol. The number of benzene rings is 3. The van der Waals surface area contributed by atoms with Crippen molar-refractivity contribution in [3.8, 4) is 45.8 Å². The Morgan fingerprint density at radius 1 is 0.688 bits per heavy atom. The van der Waals surface area contributed by atoms with Gasteiger partial charge in [-0.05, 0) is 29.8 Å². The number of fused-ring (bicyclic) bond motifs is 1. The van der Waals surface area contributed by atoms with E-state index in [1.807, 2.05) is 0 Å². The first-order chi connectivity index (χ1) is 30.5. The van der Waals surface area contributed by atoms with E-state index in [0.29, 0.717) is 5.56 Å². The van der Waals surface area contributed by atoms with Crippen LogP contribution in [0.4, 0.5) is 0 Å². The highest BCUT2D eigenvalue weighted by Gasteiger charge is 2.51. The summed E-state index contributed by atoms with van der Waals surface area (Å²) in [6.45, 7) is -1.97. The van der Waals surface area contributed by atoms with Gasteiger partial charge in [0.2, 0.25) is 18.3 Å². The van der Waals surface area contributed by atoms with E-state index in [-0.39, 0.29) is 46.0 Å². The van der Waals surface area contributed by atoms with E-state index in [1.165, 1.54) is 30.3 Å². The number of hydrogen-bond donors (Lipinski definition) is 13. The number of carbonyl (C=O) groups excluding carboxylic acids is 1. The molecule has 0 bridgehead atoms. The van der Waals surface area contributed by atoms with Crippen LogP contribution in [0.1, 0.15) is 12.0 Å². The average Bonchev–Trinajstić information content (AvgIpc) is 3.27. The van der Waals surface area contributed by atoms with Crippen LogP contribution in [0.2, 0.25) is 0 Å². The summed E-state index contributed by atoms with van der Waals surface area (Å²) in [6, 6.07) is 13.0. The molecule has 1 aromatic heterocycles. The molecule has 3 aliphatic heterocycles. The minimum absolute atomic E-state index is 0.0230. The van der Waals surface area contributed by atoms with Gasteiger partial charge in [0.25, 0.3) is 0 Å². The molecule has 0 amide bonds. The average molecular weight is 904 g/mol. The second-order valence-corrected chi connectivity index (χ2v) is 15.2. The Hall–Kier alpha value is -5.44. The third-order valence-corrected chi connectivity index (χ3v) is 10.7. The second kappa shape index (κ2) is 19.7. The molecule has 22 nitrogen and oxygen atoms in total. The Morgan fingerprint density at radius 3 is 2.09 bits per heavy atom. The molecule has 1 unspecified atom stereocenters. The van der Waals surface area contributed by atoms with Crippen molar-refractivity contribution in [3.63, 3.8) is 0 Å². The number of aliphatic hydroxyl groups excluding tert-OH is 9. The third-order valence-electron chi connectivity index (χ3n) is 10.7. The lowest BCUT2D eigenvalue weighted by atomic mass is 9.98. The largest absolute Gasteiger partial charge is 0.508 e. The molecule has 0 aliphatic carbocycles. The highest BCUT2D eigenvalue weighted by atomic mass is 16.8. The fourth-order valence-electron chi connectivity index (χ4n) is 7.08. The summed E-state index contributed by atoms with van der Waals surface area (Å²) in [6.07, 6.45) is -21.8. The van der Waals surface area contributed by atoms with Gasteiger partial charge >= 0.3 is 17.3 Å². The Morgan fingerprint density at radius 2 is 1.38 bits per heavy atom. The standard InChI is InChI=1S/C42H46O22/c43-14-28-32(51)34(53)37(56)41(62-28)60-26-12-20(45)11-25-21(26)13-27(38(59-25)18-6-9-22(46)23(47)10-18)61-42-39(64-40-36(55)31(50)24(48)15-58-40)35(54)33(52)29(63-42)16-57-30(49)3-1-2-17-4-7-19(44)8-5-17/h1-2,4-13,24,28-29,31-37,39-43,48,50-56H,3,14-16H2,(H3-,44,45,46,47)/p+1/b2-1+/t24-,28-,29-,31+,32+,33-,34+,35+,36-,37-,39-,40?,41-,42-/m1/s1. The van der Waals surface area contributed by atoms with Gasteiger partial charge in [-0.3, -0.25) is 4.79 Å². The van der Waals surface area contributed by atoms with Crippen LogP contribution in [0, 0.1) is 0 Å². The molecule has 0 saturated carbocycles. The summed E-state index contributed by atoms with van der Waals surface area (Å²) in [4.78, 5) is 12.8. The number of aromatic hydroxyl groups is 4. The zero-order valence-corrected chi connectivity index (χ0v) is 33.3. The zero-order chi connectivity index (χ0) is 46.0. The number of rotatable bonds is 13. The first kappa shape index (κ1) is 46.5. The molecule has 4 aromatic rings. The second-order valence-electron chi connectivity index (χ2n) is 15.2. The Bertz CT molecular complexity index is 2270. The van der Waals surface area contributed by atoms with Crippen molar-refractivity contribution < 1.29 is 109 Å². The number of aliphatic hydroxyl groups is 9. The molecule has 64 heavy (non-hydrogen) atoms. The normalized spacial score (nSPS) is 32.1. The lowest BCUT2D eigenvalue weighted by molar-refractivity contribution is -0.345. The summed E-state index contributed by atoms with van der Waals surface area (Å²) in [5.41, 5.74) is 0.541. The molecule has 346 valence electrons. The van der Waals surface area contributed by atoms with Crippen molar-refractivity contribution in [2.45, 2.75) is 92.4 Å². The van der Waals surface area contributed by atoms with Crippen LogP contribution in [-0.2, 0) is 28.5 Å². The van der Waals surface area contributed by atoms with Crippen molar-refractivity contribution >= 4 is 23.0 Å². The Kier molecular flexibility index (Phi) is 14.4. The number of hydrogen-bond acceptors (Lipinski definition) is 21. The van der Waals surface area contributed by atoms with Gasteiger partial charge in [0.15, 0.2) is 23.9 Å². The van der Waals surface area contributed by atoms with Gasteiger partial charge in [-0.15, -0.1) is 0 Å². The molecule has 14 atom stereocenters. The molecule has 3 saturated heterocycles. The summed E-state index contributed by atoms with van der Waals surface area (Å²) >= 11 is 0. The third kappa shape index (κ3) is 10.1. The fraction of sp³-hybridized carbons (Fsp3) is 0.429. The van der Waals surface area contributed by atoms with Crippen molar-refractivity contribution in [1.82, 2.24) is 0 Å². The van der Waals surface area contributed by atoms with Crippen LogP contribution >= 0.6 is 0 Å². The Balaban J connectivity index is 1.24. The van der Waals surface area contributed by atoms with Gasteiger partial charge in [0, 0.05) is 18.2 Å². The van der Waals surface area contributed by atoms with Crippen LogP contribution in [0.15, 0.2) is 71.2 Å². The molecule has 3 fully saturated rings. The quantitative estimate of drug-likeness (QED) is 0.0420. The fourth-order valence-corrected chi connectivity index (χ4v) is 7.08. The maximum Gasteiger partial charge on any atom is 0.402 e. The minimum Gasteiger partial charge on any atom is -0.508 e. The van der Waals surface area contributed by atoms with Crippen molar-refractivity contribution in [3.05, 3.63) is 72.3 Å². The van der Waals surface area contributed by atoms with Crippen LogP contribution in [0.25, 0.3) is 28.4 Å². The number of phenolic OH excluding ortho intramolecular Hbond substituents is 4. The number of carbonyl (C=O) groups is 1. The lowest BCUT2D eigenvalue weighted by Gasteiger charge is -2.44. The van der Waals surface area contributed by atoms with Crippen molar-refractivity contribution in [2.24, 2.45) is 0 Å². The first-order valence-corrected chi connectivity index (χ1v) is 19.8. The van der Waals surface area contributed by atoms with Gasteiger partial charge in [0.05, 0.1) is 31.3 Å². The summed E-state index contributed by atoms with van der Waals surface area (Å²) in [5.74, 6) is -3.22. The molecule has 22 heteroatoms. The maximum atomic E-state index is 12.8. The number of phenols is 4. The van der Waals surface area contributed by atoms with E-state index in [0.717, 1.165) is 24.3 Å². The molecular formula is C42H47O22+. The molecule has 3 aromatic carbocycles. The van der Waals surface area contributed by atoms with Gasteiger partial charge < -0.3 is 99.5 Å². The topological polar surface area (TPSA) is 356 Å². The molecule has 3 aliphatic rings. The minimum atomic E-state index is -1.99. The zero-order valence-electron chi connectivity index (χ0n) is 33.3.